The summed E-state index contributed by atoms with van der Waals surface area (Å²) in [7, 11) is 0. The Morgan fingerprint density at radius 2 is 0.565 bits per heavy atom. The predicted octanol–water partition coefficient (Wildman–Crippen LogP) is 12.3. The van der Waals surface area contributed by atoms with Crippen molar-refractivity contribution in [2.45, 2.75) is 24.7 Å². The van der Waals surface area contributed by atoms with E-state index in [2.05, 4.69) is 0 Å². The summed E-state index contributed by atoms with van der Waals surface area (Å²) < 4.78 is 175. The lowest BCUT2D eigenvalue weighted by Crippen LogP contribution is -2.11. The van der Waals surface area contributed by atoms with Gasteiger partial charge in [0.25, 0.3) is 0 Å². The van der Waals surface area contributed by atoms with Gasteiger partial charge in [0.05, 0.1) is 22.3 Å². The average Bonchev–Trinajstić information content (AvgIpc) is 3.54. The summed E-state index contributed by atoms with van der Waals surface area (Å²) in [5.74, 6) is -1.30. The van der Waals surface area contributed by atoms with Gasteiger partial charge in [-0.1, -0.05) is 48.5 Å². The van der Waals surface area contributed by atoms with Crippen LogP contribution in [0.3, 0.4) is 0 Å². The van der Waals surface area contributed by atoms with Gasteiger partial charge in [-0.25, -0.2) is 0 Å². The maximum absolute atomic E-state index is 13.6. The van der Waals surface area contributed by atoms with Gasteiger partial charge in [0.15, 0.2) is 11.5 Å². The van der Waals surface area contributed by atoms with E-state index in [0.29, 0.717) is 24.3 Å². The zero-order valence-electron chi connectivity index (χ0n) is 22.4. The number of hydrogen-bond donors (Lipinski definition) is 0. The molecule has 238 valence electrons. The van der Waals surface area contributed by atoms with Gasteiger partial charge in [0, 0.05) is 32.7 Å². The molecule has 0 saturated carbocycles. The number of hydrogen-bond acceptors (Lipinski definition) is 2. The van der Waals surface area contributed by atoms with Crippen LogP contribution in [0.1, 0.15) is 22.3 Å². The van der Waals surface area contributed by atoms with Gasteiger partial charge >= 0.3 is 24.7 Å². The number of rotatable bonds is 3. The van der Waals surface area contributed by atoms with Crippen LogP contribution in [-0.4, -0.2) is 0 Å². The van der Waals surface area contributed by atoms with Gasteiger partial charge in [-0.15, -0.1) is 0 Å². The first-order chi connectivity index (χ1) is 21.3. The van der Waals surface area contributed by atoms with E-state index >= 15 is 0 Å². The molecule has 0 aliphatic heterocycles. The van der Waals surface area contributed by atoms with E-state index in [1.165, 1.54) is 48.5 Å². The molecule has 0 bridgehead atoms. The normalized spacial score (nSPS) is 13.2. The van der Waals surface area contributed by atoms with Crippen molar-refractivity contribution in [2.24, 2.45) is 0 Å². The minimum atomic E-state index is -5.16. The monoisotopic (exact) mass is 658 g/mol. The second kappa shape index (κ2) is 10.3. The van der Waals surface area contributed by atoms with E-state index in [9.17, 15) is 52.7 Å². The van der Waals surface area contributed by atoms with Crippen molar-refractivity contribution in [1.82, 2.24) is 0 Å². The van der Waals surface area contributed by atoms with Crippen LogP contribution in [-0.2, 0) is 24.7 Å². The van der Waals surface area contributed by atoms with Crippen LogP contribution in [0.5, 0.6) is 0 Å². The van der Waals surface area contributed by atoms with Crippen molar-refractivity contribution < 1.29 is 61.5 Å². The fourth-order valence-electron chi connectivity index (χ4n) is 5.12. The number of halogens is 12. The maximum Gasteiger partial charge on any atom is 0.416 e. The number of benzene rings is 4. The van der Waals surface area contributed by atoms with Crippen LogP contribution in [0.25, 0.3) is 55.7 Å². The van der Waals surface area contributed by atoms with Crippen LogP contribution < -0.4 is 0 Å². The number of fused-ring (bicyclic) bond motifs is 2. The molecule has 2 nitrogen and oxygen atoms in total. The third-order valence-corrected chi connectivity index (χ3v) is 7.15. The van der Waals surface area contributed by atoms with E-state index in [-0.39, 0.29) is 45.2 Å². The Bertz CT molecular complexity index is 1890. The van der Waals surface area contributed by atoms with E-state index in [0.717, 1.165) is 0 Å². The van der Waals surface area contributed by atoms with Crippen molar-refractivity contribution in [3.05, 3.63) is 107 Å². The van der Waals surface area contributed by atoms with Gasteiger partial charge in [-0.3, -0.25) is 0 Å². The van der Waals surface area contributed by atoms with Crippen molar-refractivity contribution in [1.29, 1.82) is 0 Å². The first-order valence-electron chi connectivity index (χ1n) is 13.0. The molecule has 0 saturated heterocycles. The molecule has 0 radical (unpaired) electrons. The molecule has 4 aromatic carbocycles. The molecule has 0 atom stereocenters. The molecule has 0 aliphatic carbocycles. The zero-order chi connectivity index (χ0) is 33.4. The van der Waals surface area contributed by atoms with Gasteiger partial charge in [-0.2, -0.15) is 52.7 Å². The second-order valence-corrected chi connectivity index (χ2v) is 10.2. The third-order valence-electron chi connectivity index (χ3n) is 7.15. The summed E-state index contributed by atoms with van der Waals surface area (Å²) >= 11 is 0. The Labute approximate surface area is 249 Å². The van der Waals surface area contributed by atoms with Crippen molar-refractivity contribution in [3.8, 4) is 34.2 Å². The van der Waals surface area contributed by atoms with Gasteiger partial charge in [0.1, 0.15) is 11.5 Å². The lowest BCUT2D eigenvalue weighted by Gasteiger charge is -2.13. The van der Waals surface area contributed by atoms with E-state index in [1.807, 2.05) is 0 Å². The molecule has 6 rings (SSSR count). The lowest BCUT2D eigenvalue weighted by molar-refractivity contribution is -0.144. The molecule has 46 heavy (non-hydrogen) atoms. The Hall–Kier alpha value is -4.88. The highest BCUT2D eigenvalue weighted by molar-refractivity contribution is 6.09. The van der Waals surface area contributed by atoms with Crippen molar-refractivity contribution in [3.63, 3.8) is 0 Å². The van der Waals surface area contributed by atoms with Crippen LogP contribution in [0, 0.1) is 0 Å². The van der Waals surface area contributed by atoms with Gasteiger partial charge in [-0.05, 0) is 36.4 Å². The highest BCUT2D eigenvalue weighted by Gasteiger charge is 2.39. The molecule has 2 heterocycles. The number of alkyl halides is 12. The van der Waals surface area contributed by atoms with Crippen LogP contribution in [0.15, 0.2) is 93.8 Å². The van der Waals surface area contributed by atoms with E-state index < -0.39 is 69.6 Å². The molecule has 0 N–H and O–H groups in total. The van der Waals surface area contributed by atoms with Gasteiger partial charge < -0.3 is 8.83 Å². The van der Waals surface area contributed by atoms with Crippen LogP contribution >= 0.6 is 0 Å². The molecule has 0 aliphatic rings. The van der Waals surface area contributed by atoms with E-state index in [1.54, 1.807) is 0 Å². The van der Waals surface area contributed by atoms with Crippen LogP contribution in [0.2, 0.25) is 0 Å². The summed E-state index contributed by atoms with van der Waals surface area (Å²) in [5, 5.41) is 0.389. The molecule has 0 fully saturated rings. The molecule has 0 amide bonds. The summed E-state index contributed by atoms with van der Waals surface area (Å²) in [4.78, 5) is 0. The van der Waals surface area contributed by atoms with E-state index in [4.69, 9.17) is 8.83 Å². The fraction of sp³-hybridized carbons (Fsp3) is 0.125. The number of furan rings is 2. The zero-order valence-corrected chi connectivity index (χ0v) is 22.4. The van der Waals surface area contributed by atoms with Gasteiger partial charge in [0.2, 0.25) is 0 Å². The summed E-state index contributed by atoms with van der Waals surface area (Å²) in [6.07, 6.45) is -20.6. The summed E-state index contributed by atoms with van der Waals surface area (Å²) in [6.45, 7) is 0. The quantitative estimate of drug-likeness (QED) is 0.177. The molecule has 0 unspecified atom stereocenters. The Kier molecular flexibility index (Phi) is 6.98. The SMILES string of the molecule is FC(F)(F)c1cc(-c2oc(-c3oc(-c4cc(C(F)(F)F)cc(C(F)(F)F)c4)c4ccccc34)c3ccccc23)cc(C(F)(F)F)c1. The first-order valence-corrected chi connectivity index (χ1v) is 13.0. The Morgan fingerprint density at radius 3 is 0.804 bits per heavy atom. The maximum atomic E-state index is 13.6. The lowest BCUT2D eigenvalue weighted by atomic mass is 10.00. The minimum absolute atomic E-state index is 0.0495. The fourth-order valence-corrected chi connectivity index (χ4v) is 5.12. The molecular formula is C32H14F12O2. The van der Waals surface area contributed by atoms with Crippen molar-refractivity contribution in [2.75, 3.05) is 0 Å². The molecule has 14 heteroatoms. The standard InChI is InChI=1S/C32H14F12O2/c33-29(34,35)17-9-15(10-18(13-17)30(36,37)38)25-21-5-1-3-7-23(21)27(45-25)28-24-8-4-2-6-22(24)26(46-28)16-11-19(31(39,40)41)14-20(12-16)32(42,43)44/h1-14H. The predicted molar refractivity (Wildman–Crippen MR) is 142 cm³/mol. The molecule has 2 aromatic heterocycles. The minimum Gasteiger partial charge on any atom is -0.451 e. The largest absolute Gasteiger partial charge is 0.451 e. The smallest absolute Gasteiger partial charge is 0.416 e. The van der Waals surface area contributed by atoms with Crippen molar-refractivity contribution >= 4 is 21.5 Å². The highest BCUT2D eigenvalue weighted by Crippen LogP contribution is 2.48. The van der Waals surface area contributed by atoms with Crippen LogP contribution in [0.4, 0.5) is 52.7 Å². The highest BCUT2D eigenvalue weighted by atomic mass is 19.4. The molecule has 6 aromatic rings. The third kappa shape index (κ3) is 5.56. The summed E-state index contributed by atoms with van der Waals surface area (Å²) in [5.41, 5.74) is -7.59. The Balaban J connectivity index is 1.63. The second-order valence-electron chi connectivity index (χ2n) is 10.2. The Morgan fingerprint density at radius 1 is 0.326 bits per heavy atom. The average molecular weight is 658 g/mol. The topological polar surface area (TPSA) is 26.3 Å². The first kappa shape index (κ1) is 31.1. The molecule has 0 spiro atoms. The summed E-state index contributed by atoms with van der Waals surface area (Å²) in [6, 6.07) is 13.2. The molecular weight excluding hydrogens is 644 g/mol.